The smallest absolute Gasteiger partial charge is 0.244 e. The summed E-state index contributed by atoms with van der Waals surface area (Å²) in [7, 11) is 0. The number of fused-ring (bicyclic) bond motifs is 2. The van der Waals surface area contributed by atoms with Crippen molar-refractivity contribution in [2.24, 2.45) is 0 Å². The predicted octanol–water partition coefficient (Wildman–Crippen LogP) is 5.30. The Balaban J connectivity index is 1.33. The van der Waals surface area contributed by atoms with Gasteiger partial charge in [0.2, 0.25) is 11.7 Å². The van der Waals surface area contributed by atoms with E-state index < -0.39 is 5.82 Å². The molecule has 0 saturated carbocycles. The van der Waals surface area contributed by atoms with Gasteiger partial charge >= 0.3 is 0 Å². The Labute approximate surface area is 186 Å². The summed E-state index contributed by atoms with van der Waals surface area (Å²) in [6, 6.07) is 14.2. The molecular weight excluding hydrogens is 433 g/mol. The van der Waals surface area contributed by atoms with Gasteiger partial charge in [0.15, 0.2) is 0 Å². The maximum Gasteiger partial charge on any atom is 0.244 e. The second-order valence-electron chi connectivity index (χ2n) is 7.79. The van der Waals surface area contributed by atoms with Crippen LogP contribution in [-0.2, 0) is 19.5 Å². The molecule has 2 aromatic carbocycles. The van der Waals surface area contributed by atoms with Crippen molar-refractivity contribution in [1.29, 1.82) is 0 Å². The molecule has 6 rings (SSSR count). The molecule has 1 aliphatic rings. The van der Waals surface area contributed by atoms with Crippen molar-refractivity contribution in [3.05, 3.63) is 88.7 Å². The zero-order valence-electron chi connectivity index (χ0n) is 16.8. The minimum Gasteiger partial charge on any atom is -0.460 e. The average molecular weight is 450 g/mol. The number of para-hydroxylation sites is 1. The van der Waals surface area contributed by atoms with Crippen molar-refractivity contribution in [2.75, 3.05) is 0 Å². The molecule has 3 aromatic heterocycles. The van der Waals surface area contributed by atoms with Crippen molar-refractivity contribution in [3.63, 3.8) is 0 Å². The number of nitrogens with one attached hydrogen (secondary N) is 1. The topological polar surface area (TPSA) is 84.0 Å². The van der Waals surface area contributed by atoms with Crippen molar-refractivity contribution in [1.82, 2.24) is 25.0 Å². The third-order valence-electron chi connectivity index (χ3n) is 5.74. The molecule has 0 radical (unpaired) electrons. The van der Waals surface area contributed by atoms with E-state index in [1.165, 1.54) is 12.1 Å². The van der Waals surface area contributed by atoms with Crippen LogP contribution in [0.5, 0.6) is 0 Å². The van der Waals surface area contributed by atoms with E-state index in [0.717, 1.165) is 28.1 Å². The van der Waals surface area contributed by atoms with Crippen LogP contribution in [0, 0.1) is 5.82 Å². The number of benzene rings is 2. The molecule has 1 aliphatic heterocycles. The fraction of sp³-hybridized carbons (Fsp3) is 0.174. The minimum absolute atomic E-state index is 0.0131. The maximum absolute atomic E-state index is 13.5. The average Bonchev–Trinajstić information content (AvgIpc) is 3.53. The lowest BCUT2D eigenvalue weighted by atomic mass is 10.0. The number of aromatic nitrogens is 4. The highest BCUT2D eigenvalue weighted by atomic mass is 35.5. The van der Waals surface area contributed by atoms with Gasteiger partial charge in [-0.25, -0.2) is 9.37 Å². The van der Waals surface area contributed by atoms with E-state index in [9.17, 15) is 4.39 Å². The van der Waals surface area contributed by atoms with Gasteiger partial charge in [-0.1, -0.05) is 35.0 Å². The molecule has 9 heteroatoms. The Bertz CT molecular complexity index is 1390. The molecule has 1 N–H and O–H groups in total. The SMILES string of the molecule is Fc1ccc(-c2noc([C@@H]3Cc4nc[nH]c4CN3Cc3cc4ccccc4o3)n2)cc1Cl. The Hall–Kier alpha value is -3.49. The molecule has 1 atom stereocenters. The van der Waals surface area contributed by atoms with Crippen LogP contribution in [0.3, 0.4) is 0 Å². The van der Waals surface area contributed by atoms with Gasteiger partial charge in [0, 0.05) is 23.9 Å². The number of hydrogen-bond acceptors (Lipinski definition) is 6. The molecule has 0 amide bonds. The van der Waals surface area contributed by atoms with Gasteiger partial charge in [-0.2, -0.15) is 4.98 Å². The van der Waals surface area contributed by atoms with Crippen LogP contribution in [0.15, 0.2) is 63.8 Å². The van der Waals surface area contributed by atoms with Gasteiger partial charge in [-0.15, -0.1) is 0 Å². The third-order valence-corrected chi connectivity index (χ3v) is 6.03. The fourth-order valence-corrected chi connectivity index (χ4v) is 4.32. The van der Waals surface area contributed by atoms with E-state index in [-0.39, 0.29) is 11.1 Å². The van der Waals surface area contributed by atoms with Crippen molar-refractivity contribution in [3.8, 4) is 11.4 Å². The first kappa shape index (κ1) is 19.2. The van der Waals surface area contributed by atoms with Gasteiger partial charge in [0.05, 0.1) is 35.3 Å². The fourth-order valence-electron chi connectivity index (χ4n) is 4.14. The molecule has 0 unspecified atom stereocenters. The highest BCUT2D eigenvalue weighted by Gasteiger charge is 2.34. The van der Waals surface area contributed by atoms with E-state index in [2.05, 4.69) is 31.1 Å². The van der Waals surface area contributed by atoms with Gasteiger partial charge in [0.1, 0.15) is 17.2 Å². The number of halogens is 2. The Kier molecular flexibility index (Phi) is 4.55. The zero-order chi connectivity index (χ0) is 21.7. The second kappa shape index (κ2) is 7.58. The molecular formula is C23H17ClFN5O2. The Morgan fingerprint density at radius 3 is 2.97 bits per heavy atom. The van der Waals surface area contributed by atoms with Crippen LogP contribution in [0.2, 0.25) is 5.02 Å². The maximum atomic E-state index is 13.5. The molecule has 4 heterocycles. The van der Waals surface area contributed by atoms with Crippen LogP contribution in [0.4, 0.5) is 4.39 Å². The number of hydrogen-bond donors (Lipinski definition) is 1. The molecule has 0 fully saturated rings. The molecule has 5 aromatic rings. The second-order valence-corrected chi connectivity index (χ2v) is 8.20. The standard InChI is InChI=1S/C23H17ClFN5O2/c24-16-8-14(5-6-17(16)25)22-28-23(32-29-22)20-9-18-19(27-12-26-18)11-30(20)10-15-7-13-3-1-2-4-21(13)31-15/h1-8,12,20H,9-11H2,(H,26,27)/t20-/m0/s1. The first-order valence-electron chi connectivity index (χ1n) is 10.2. The lowest BCUT2D eigenvalue weighted by Gasteiger charge is -2.31. The van der Waals surface area contributed by atoms with Gasteiger partial charge in [-0.05, 0) is 30.3 Å². The van der Waals surface area contributed by atoms with E-state index in [1.54, 1.807) is 12.4 Å². The summed E-state index contributed by atoms with van der Waals surface area (Å²) in [6.07, 6.45) is 2.32. The van der Waals surface area contributed by atoms with Crippen LogP contribution in [0.25, 0.3) is 22.4 Å². The molecule has 32 heavy (non-hydrogen) atoms. The normalized spacial score (nSPS) is 16.5. The third kappa shape index (κ3) is 3.37. The Morgan fingerprint density at radius 2 is 2.09 bits per heavy atom. The quantitative estimate of drug-likeness (QED) is 0.401. The number of nitrogens with zero attached hydrogens (tertiary/aromatic N) is 4. The molecule has 0 saturated heterocycles. The van der Waals surface area contributed by atoms with Crippen LogP contribution in [0.1, 0.15) is 29.1 Å². The van der Waals surface area contributed by atoms with Crippen LogP contribution < -0.4 is 0 Å². The zero-order valence-corrected chi connectivity index (χ0v) is 17.5. The van der Waals surface area contributed by atoms with E-state index >= 15 is 0 Å². The van der Waals surface area contributed by atoms with E-state index in [1.807, 2.05) is 24.3 Å². The van der Waals surface area contributed by atoms with Gasteiger partial charge in [-0.3, -0.25) is 4.90 Å². The molecule has 0 bridgehead atoms. The largest absolute Gasteiger partial charge is 0.460 e. The minimum atomic E-state index is -0.491. The summed E-state index contributed by atoms with van der Waals surface area (Å²) in [5.41, 5.74) is 3.47. The lowest BCUT2D eigenvalue weighted by molar-refractivity contribution is 0.120. The lowest BCUT2D eigenvalue weighted by Crippen LogP contribution is -2.34. The first-order valence-corrected chi connectivity index (χ1v) is 10.5. The molecule has 0 aliphatic carbocycles. The Morgan fingerprint density at radius 1 is 1.19 bits per heavy atom. The van der Waals surface area contributed by atoms with E-state index in [4.69, 9.17) is 20.5 Å². The monoisotopic (exact) mass is 449 g/mol. The van der Waals surface area contributed by atoms with Crippen molar-refractivity contribution in [2.45, 2.75) is 25.6 Å². The highest BCUT2D eigenvalue weighted by Crippen LogP contribution is 2.34. The number of H-pyrrole nitrogens is 1. The van der Waals surface area contributed by atoms with Gasteiger partial charge < -0.3 is 13.9 Å². The summed E-state index contributed by atoms with van der Waals surface area (Å²) >= 11 is 5.92. The van der Waals surface area contributed by atoms with Crippen molar-refractivity contribution >= 4 is 22.6 Å². The predicted molar refractivity (Wildman–Crippen MR) is 115 cm³/mol. The first-order chi connectivity index (χ1) is 15.6. The molecule has 0 spiro atoms. The van der Waals surface area contributed by atoms with Crippen molar-refractivity contribution < 1.29 is 13.3 Å². The summed E-state index contributed by atoms with van der Waals surface area (Å²) in [6.45, 7) is 1.20. The molecule has 7 nitrogen and oxygen atoms in total. The summed E-state index contributed by atoms with van der Waals surface area (Å²) in [4.78, 5) is 14.5. The summed E-state index contributed by atoms with van der Waals surface area (Å²) in [5, 5.41) is 5.18. The van der Waals surface area contributed by atoms with E-state index in [0.29, 0.717) is 36.8 Å². The highest BCUT2D eigenvalue weighted by molar-refractivity contribution is 6.31. The number of aromatic amines is 1. The van der Waals surface area contributed by atoms with Crippen LogP contribution >= 0.6 is 11.6 Å². The summed E-state index contributed by atoms with van der Waals surface area (Å²) in [5.74, 6) is 1.18. The van der Waals surface area contributed by atoms with Crippen LogP contribution in [-0.4, -0.2) is 25.0 Å². The number of imidazole rings is 1. The number of rotatable bonds is 4. The summed E-state index contributed by atoms with van der Waals surface area (Å²) < 4.78 is 25.2. The molecule has 160 valence electrons. The van der Waals surface area contributed by atoms with Gasteiger partial charge in [0.25, 0.3) is 0 Å². The number of furan rings is 1.